The molecule has 0 radical (unpaired) electrons. The number of benzene rings is 1. The monoisotopic (exact) mass is 262 g/mol. The van der Waals surface area contributed by atoms with Crippen LogP contribution in [0.15, 0.2) is 24.3 Å². The van der Waals surface area contributed by atoms with Gasteiger partial charge in [0.05, 0.1) is 5.54 Å². The van der Waals surface area contributed by atoms with Gasteiger partial charge in [0.15, 0.2) is 0 Å². The van der Waals surface area contributed by atoms with E-state index >= 15 is 0 Å². The maximum Gasteiger partial charge on any atom is 0.242 e. The summed E-state index contributed by atoms with van der Waals surface area (Å²) >= 11 is 0. The maximum atomic E-state index is 12.4. The van der Waals surface area contributed by atoms with Gasteiger partial charge in [0.1, 0.15) is 0 Å². The van der Waals surface area contributed by atoms with Crippen molar-refractivity contribution in [3.63, 3.8) is 0 Å². The average molecular weight is 262 g/mol. The molecule has 2 N–H and O–H groups in total. The van der Waals surface area contributed by atoms with Crippen LogP contribution >= 0.6 is 0 Å². The van der Waals surface area contributed by atoms with Crippen molar-refractivity contribution in [2.24, 2.45) is 5.73 Å². The molecule has 0 saturated carbocycles. The van der Waals surface area contributed by atoms with Crippen LogP contribution in [0.4, 0.5) is 0 Å². The lowest BCUT2D eigenvalue weighted by Crippen LogP contribution is -2.57. The largest absolute Gasteiger partial charge is 0.381 e. The SMILES string of the molecule is Cc1ccc(CN(C)C(=O)C2(N)CCOCC2)cc1. The van der Waals surface area contributed by atoms with Crippen molar-refractivity contribution in [2.45, 2.75) is 31.8 Å². The van der Waals surface area contributed by atoms with Gasteiger partial charge in [0, 0.05) is 26.8 Å². The third-order valence-electron chi connectivity index (χ3n) is 3.70. The maximum absolute atomic E-state index is 12.4. The highest BCUT2D eigenvalue weighted by Gasteiger charge is 2.37. The summed E-state index contributed by atoms with van der Waals surface area (Å²) in [4.78, 5) is 14.2. The quantitative estimate of drug-likeness (QED) is 0.897. The van der Waals surface area contributed by atoms with E-state index in [9.17, 15) is 4.79 Å². The first-order valence-electron chi connectivity index (χ1n) is 6.69. The molecule has 0 aliphatic carbocycles. The fourth-order valence-electron chi connectivity index (χ4n) is 2.37. The van der Waals surface area contributed by atoms with E-state index in [2.05, 4.69) is 19.1 Å². The van der Waals surface area contributed by atoms with Gasteiger partial charge >= 0.3 is 0 Å². The molecular formula is C15H22N2O2. The number of rotatable bonds is 3. The molecule has 104 valence electrons. The smallest absolute Gasteiger partial charge is 0.242 e. The molecule has 1 fully saturated rings. The van der Waals surface area contributed by atoms with Crippen molar-refractivity contribution in [1.82, 2.24) is 4.90 Å². The molecule has 0 bridgehead atoms. The zero-order chi connectivity index (χ0) is 13.9. The second-order valence-electron chi connectivity index (χ2n) is 5.42. The summed E-state index contributed by atoms with van der Waals surface area (Å²) in [7, 11) is 1.81. The van der Waals surface area contributed by atoms with Gasteiger partial charge in [-0.25, -0.2) is 0 Å². The minimum atomic E-state index is -0.752. The van der Waals surface area contributed by atoms with Gasteiger partial charge in [-0.05, 0) is 25.3 Å². The van der Waals surface area contributed by atoms with Crippen LogP contribution in [-0.2, 0) is 16.1 Å². The van der Waals surface area contributed by atoms with E-state index in [0.29, 0.717) is 32.6 Å². The van der Waals surface area contributed by atoms with Crippen molar-refractivity contribution in [3.8, 4) is 0 Å². The van der Waals surface area contributed by atoms with Crippen molar-refractivity contribution in [3.05, 3.63) is 35.4 Å². The molecule has 1 aromatic rings. The van der Waals surface area contributed by atoms with Crippen LogP contribution in [0.25, 0.3) is 0 Å². The number of carbonyl (C=O) groups excluding carboxylic acids is 1. The van der Waals surface area contributed by atoms with Crippen molar-refractivity contribution < 1.29 is 9.53 Å². The van der Waals surface area contributed by atoms with Crippen LogP contribution in [0.2, 0.25) is 0 Å². The first-order chi connectivity index (χ1) is 9.01. The highest BCUT2D eigenvalue weighted by molar-refractivity contribution is 5.86. The zero-order valence-corrected chi connectivity index (χ0v) is 11.7. The van der Waals surface area contributed by atoms with Crippen LogP contribution < -0.4 is 5.73 Å². The molecule has 0 atom stereocenters. The highest BCUT2D eigenvalue weighted by atomic mass is 16.5. The summed E-state index contributed by atoms with van der Waals surface area (Å²) in [5.41, 5.74) is 7.80. The summed E-state index contributed by atoms with van der Waals surface area (Å²) in [6.45, 7) is 3.79. The molecule has 0 aromatic heterocycles. The van der Waals surface area contributed by atoms with Crippen molar-refractivity contribution in [2.75, 3.05) is 20.3 Å². The number of aryl methyl sites for hydroxylation is 1. The van der Waals surface area contributed by atoms with Crippen LogP contribution in [0.5, 0.6) is 0 Å². The summed E-state index contributed by atoms with van der Waals surface area (Å²) in [6.07, 6.45) is 1.20. The Bertz CT molecular complexity index is 436. The average Bonchev–Trinajstić information content (AvgIpc) is 2.41. The third-order valence-corrected chi connectivity index (χ3v) is 3.70. The Morgan fingerprint density at radius 2 is 1.89 bits per heavy atom. The second-order valence-corrected chi connectivity index (χ2v) is 5.42. The minimum absolute atomic E-state index is 0.0105. The number of hydrogen-bond acceptors (Lipinski definition) is 3. The van der Waals surface area contributed by atoms with Crippen LogP contribution in [0.3, 0.4) is 0 Å². The summed E-state index contributed by atoms with van der Waals surface area (Å²) in [5, 5.41) is 0. The summed E-state index contributed by atoms with van der Waals surface area (Å²) in [5.74, 6) is 0.0105. The molecule has 1 saturated heterocycles. The Hall–Kier alpha value is -1.39. The lowest BCUT2D eigenvalue weighted by atomic mass is 9.89. The van der Waals surface area contributed by atoms with Crippen LogP contribution in [-0.4, -0.2) is 36.6 Å². The zero-order valence-electron chi connectivity index (χ0n) is 11.7. The fourth-order valence-corrected chi connectivity index (χ4v) is 2.37. The Kier molecular flexibility index (Phi) is 4.22. The molecule has 1 aliphatic heterocycles. The molecule has 1 heterocycles. The molecule has 4 nitrogen and oxygen atoms in total. The molecular weight excluding hydrogens is 240 g/mol. The predicted octanol–water partition coefficient (Wildman–Crippen LogP) is 1.46. The number of likely N-dealkylation sites (N-methyl/N-ethyl adjacent to an activating group) is 1. The van der Waals surface area contributed by atoms with E-state index in [4.69, 9.17) is 10.5 Å². The van der Waals surface area contributed by atoms with E-state index in [0.717, 1.165) is 5.56 Å². The molecule has 19 heavy (non-hydrogen) atoms. The summed E-state index contributed by atoms with van der Waals surface area (Å²) in [6, 6.07) is 8.21. The number of hydrogen-bond donors (Lipinski definition) is 1. The number of amides is 1. The van der Waals surface area contributed by atoms with Gasteiger partial charge in [-0.15, -0.1) is 0 Å². The van der Waals surface area contributed by atoms with E-state index in [1.807, 2.05) is 19.2 Å². The van der Waals surface area contributed by atoms with Crippen molar-refractivity contribution >= 4 is 5.91 Å². The van der Waals surface area contributed by atoms with Gasteiger partial charge in [-0.3, -0.25) is 4.79 Å². The van der Waals surface area contributed by atoms with Crippen LogP contribution in [0.1, 0.15) is 24.0 Å². The number of ether oxygens (including phenoxy) is 1. The fraction of sp³-hybridized carbons (Fsp3) is 0.533. The van der Waals surface area contributed by atoms with Gasteiger partial charge in [-0.1, -0.05) is 29.8 Å². The first kappa shape index (κ1) is 14.0. The van der Waals surface area contributed by atoms with Gasteiger partial charge in [0.2, 0.25) is 5.91 Å². The Morgan fingerprint density at radius 3 is 2.47 bits per heavy atom. The Labute approximate surface area is 114 Å². The lowest BCUT2D eigenvalue weighted by Gasteiger charge is -2.35. The highest BCUT2D eigenvalue weighted by Crippen LogP contribution is 2.21. The van der Waals surface area contributed by atoms with E-state index in [-0.39, 0.29) is 5.91 Å². The van der Waals surface area contributed by atoms with Crippen LogP contribution in [0, 0.1) is 6.92 Å². The Morgan fingerprint density at radius 1 is 1.32 bits per heavy atom. The van der Waals surface area contributed by atoms with E-state index < -0.39 is 5.54 Å². The topological polar surface area (TPSA) is 55.6 Å². The standard InChI is InChI=1S/C15H22N2O2/c1-12-3-5-13(6-4-12)11-17(2)14(18)15(16)7-9-19-10-8-15/h3-6H,7-11,16H2,1-2H3. The third kappa shape index (κ3) is 3.33. The molecule has 2 rings (SSSR count). The predicted molar refractivity (Wildman–Crippen MR) is 74.6 cm³/mol. The van der Waals surface area contributed by atoms with Gasteiger partial charge < -0.3 is 15.4 Å². The molecule has 0 unspecified atom stereocenters. The number of nitrogens with zero attached hydrogens (tertiary/aromatic N) is 1. The lowest BCUT2D eigenvalue weighted by molar-refractivity contribution is -0.139. The molecule has 1 aromatic carbocycles. The molecule has 1 aliphatic rings. The number of nitrogens with two attached hydrogens (primary N) is 1. The van der Waals surface area contributed by atoms with Gasteiger partial charge in [0.25, 0.3) is 0 Å². The molecule has 4 heteroatoms. The summed E-state index contributed by atoms with van der Waals surface area (Å²) < 4.78 is 5.28. The van der Waals surface area contributed by atoms with E-state index in [1.54, 1.807) is 4.90 Å². The molecule has 1 amide bonds. The van der Waals surface area contributed by atoms with Gasteiger partial charge in [-0.2, -0.15) is 0 Å². The first-order valence-corrected chi connectivity index (χ1v) is 6.69. The minimum Gasteiger partial charge on any atom is -0.381 e. The van der Waals surface area contributed by atoms with E-state index in [1.165, 1.54) is 5.56 Å². The normalized spacial score (nSPS) is 18.1. The van der Waals surface area contributed by atoms with Crippen molar-refractivity contribution in [1.29, 1.82) is 0 Å². The Balaban J connectivity index is 2.00. The second kappa shape index (κ2) is 5.72. The molecule has 0 spiro atoms. The number of carbonyl (C=O) groups is 1.